The molecule has 0 aliphatic rings. The fraction of sp³-hybridized carbons (Fsp3) is 0.100. The number of hydrogen-bond acceptors (Lipinski definition) is 6. The lowest BCUT2D eigenvalue weighted by Gasteiger charge is -2.13. The van der Waals surface area contributed by atoms with Gasteiger partial charge in [-0.3, -0.25) is 0 Å². The Kier molecular flexibility index (Phi) is 5.42. The minimum absolute atomic E-state index is 0.00734. The van der Waals surface area contributed by atoms with Crippen LogP contribution in [-0.2, 0) is 16.6 Å². The van der Waals surface area contributed by atoms with Crippen LogP contribution < -0.4 is 9.88 Å². The predicted octanol–water partition coefficient (Wildman–Crippen LogP) is 2.44. The summed E-state index contributed by atoms with van der Waals surface area (Å²) in [6.07, 6.45) is 0. The van der Waals surface area contributed by atoms with E-state index in [2.05, 4.69) is 11.1 Å². The first-order valence-electron chi connectivity index (χ1n) is 8.20. The van der Waals surface area contributed by atoms with Crippen molar-refractivity contribution in [1.82, 2.24) is 4.98 Å². The average Bonchev–Trinajstić information content (AvgIpc) is 2.72. The van der Waals surface area contributed by atoms with Gasteiger partial charge >= 0.3 is 0 Å². The lowest BCUT2D eigenvalue weighted by molar-refractivity contribution is 0.282. The minimum Gasteiger partial charge on any atom is -0.480 e. The number of pyridine rings is 1. The largest absolute Gasteiger partial charge is 0.480 e. The molecule has 28 heavy (non-hydrogen) atoms. The van der Waals surface area contributed by atoms with Crippen LogP contribution in [0.15, 0.2) is 59.5 Å². The third kappa shape index (κ3) is 3.87. The molecular formula is C20H17N3O4S. The van der Waals surface area contributed by atoms with Crippen LogP contribution in [-0.4, -0.2) is 25.6 Å². The van der Waals surface area contributed by atoms with Crippen molar-refractivity contribution in [2.24, 2.45) is 5.14 Å². The first-order chi connectivity index (χ1) is 13.4. The number of aromatic nitrogens is 1. The van der Waals surface area contributed by atoms with E-state index in [9.17, 15) is 18.8 Å². The molecule has 0 saturated carbocycles. The number of aliphatic hydroxyl groups is 1. The number of rotatable bonds is 5. The van der Waals surface area contributed by atoms with Crippen LogP contribution >= 0.6 is 0 Å². The maximum absolute atomic E-state index is 11.5. The van der Waals surface area contributed by atoms with E-state index < -0.39 is 10.0 Å². The smallest absolute Gasteiger partial charge is 0.238 e. The maximum Gasteiger partial charge on any atom is 0.238 e. The Balaban J connectivity index is 2.22. The lowest BCUT2D eigenvalue weighted by Crippen LogP contribution is -2.11. The number of hydrogen-bond donors (Lipinski definition) is 2. The van der Waals surface area contributed by atoms with Gasteiger partial charge < -0.3 is 9.84 Å². The second-order valence-corrected chi connectivity index (χ2v) is 7.54. The van der Waals surface area contributed by atoms with Crippen molar-refractivity contribution in [2.45, 2.75) is 11.5 Å². The molecule has 8 heteroatoms. The molecule has 3 N–H and O–H groups in total. The SMILES string of the molecule is COc1nc(-c2ccc(CO)cc2)c(-c2ccc(S(N)(=O)=O)cc2)cc1C#N. The van der Waals surface area contributed by atoms with Gasteiger partial charge in [-0.25, -0.2) is 18.5 Å². The van der Waals surface area contributed by atoms with Crippen molar-refractivity contribution >= 4 is 10.0 Å². The zero-order chi connectivity index (χ0) is 20.3. The molecule has 142 valence electrons. The van der Waals surface area contributed by atoms with Crippen LogP contribution in [0, 0.1) is 11.3 Å². The molecule has 3 rings (SSSR count). The molecule has 0 radical (unpaired) electrons. The highest BCUT2D eigenvalue weighted by molar-refractivity contribution is 7.89. The molecule has 1 aromatic heterocycles. The number of nitriles is 1. The molecule has 0 fully saturated rings. The Bertz CT molecular complexity index is 1150. The number of sulfonamides is 1. The van der Waals surface area contributed by atoms with E-state index in [-0.39, 0.29) is 22.9 Å². The summed E-state index contributed by atoms with van der Waals surface area (Å²) in [6.45, 7) is -0.0771. The second kappa shape index (κ2) is 7.78. The van der Waals surface area contributed by atoms with Crippen LogP contribution in [0.1, 0.15) is 11.1 Å². The van der Waals surface area contributed by atoms with Crippen LogP contribution in [0.5, 0.6) is 5.88 Å². The number of benzene rings is 2. The summed E-state index contributed by atoms with van der Waals surface area (Å²) in [4.78, 5) is 4.48. The summed E-state index contributed by atoms with van der Waals surface area (Å²) in [5.41, 5.74) is 3.62. The fourth-order valence-corrected chi connectivity index (χ4v) is 3.28. The van der Waals surface area contributed by atoms with Crippen molar-refractivity contribution in [2.75, 3.05) is 7.11 Å². The third-order valence-electron chi connectivity index (χ3n) is 4.21. The molecule has 1 heterocycles. The monoisotopic (exact) mass is 395 g/mol. The molecule has 0 aliphatic heterocycles. The highest BCUT2D eigenvalue weighted by Crippen LogP contribution is 2.35. The quantitative estimate of drug-likeness (QED) is 0.683. The van der Waals surface area contributed by atoms with E-state index in [1.165, 1.54) is 19.2 Å². The summed E-state index contributed by atoms with van der Waals surface area (Å²) in [7, 11) is -2.37. The van der Waals surface area contributed by atoms with E-state index in [1.54, 1.807) is 30.3 Å². The number of nitrogens with two attached hydrogens (primary N) is 1. The Hall–Kier alpha value is -3.25. The topological polar surface area (TPSA) is 126 Å². The van der Waals surface area contributed by atoms with E-state index in [0.717, 1.165) is 11.1 Å². The van der Waals surface area contributed by atoms with Crippen LogP contribution in [0.25, 0.3) is 22.4 Å². The predicted molar refractivity (Wildman–Crippen MR) is 104 cm³/mol. The molecule has 0 bridgehead atoms. The molecule has 0 spiro atoms. The first-order valence-corrected chi connectivity index (χ1v) is 9.74. The van der Waals surface area contributed by atoms with Gasteiger partial charge in [0.15, 0.2) is 0 Å². The van der Waals surface area contributed by atoms with Gasteiger partial charge in [0.1, 0.15) is 11.6 Å². The lowest BCUT2D eigenvalue weighted by atomic mass is 9.97. The number of nitrogens with zero attached hydrogens (tertiary/aromatic N) is 2. The Morgan fingerprint density at radius 3 is 2.21 bits per heavy atom. The first kappa shape index (κ1) is 19.5. The van der Waals surface area contributed by atoms with Gasteiger partial charge in [-0.1, -0.05) is 36.4 Å². The van der Waals surface area contributed by atoms with E-state index in [4.69, 9.17) is 9.88 Å². The summed E-state index contributed by atoms with van der Waals surface area (Å²) < 4.78 is 28.2. The van der Waals surface area contributed by atoms with Gasteiger partial charge in [0.2, 0.25) is 15.9 Å². The molecular weight excluding hydrogens is 378 g/mol. The molecule has 0 aliphatic carbocycles. The van der Waals surface area contributed by atoms with Gasteiger partial charge in [0, 0.05) is 11.1 Å². The molecule has 0 atom stereocenters. The van der Waals surface area contributed by atoms with Gasteiger partial charge in [0.05, 0.1) is 24.3 Å². The van der Waals surface area contributed by atoms with Crippen LogP contribution in [0.4, 0.5) is 0 Å². The fourth-order valence-electron chi connectivity index (χ4n) is 2.76. The zero-order valence-corrected chi connectivity index (χ0v) is 15.8. The molecule has 3 aromatic rings. The van der Waals surface area contributed by atoms with E-state index in [0.29, 0.717) is 16.8 Å². The number of primary sulfonamides is 1. The summed E-state index contributed by atoms with van der Waals surface area (Å²) in [5.74, 6) is 0.189. The standard InChI is InChI=1S/C20H17N3O4S/c1-27-20-16(11-21)10-18(14-6-8-17(9-7-14)28(22,25)26)19(23-20)15-4-2-13(12-24)3-5-15/h2-10,24H,12H2,1H3,(H2,22,25,26). The highest BCUT2D eigenvalue weighted by Gasteiger charge is 2.16. The normalized spacial score (nSPS) is 11.1. The Morgan fingerprint density at radius 2 is 1.71 bits per heavy atom. The van der Waals surface area contributed by atoms with Crippen molar-refractivity contribution in [3.05, 3.63) is 65.7 Å². The Labute approximate surface area is 162 Å². The van der Waals surface area contributed by atoms with Gasteiger partial charge in [-0.05, 0) is 29.3 Å². The summed E-state index contributed by atoms with van der Waals surface area (Å²) in [5, 5.41) is 23.8. The zero-order valence-electron chi connectivity index (χ0n) is 15.0. The van der Waals surface area contributed by atoms with Gasteiger partial charge in [-0.15, -0.1) is 0 Å². The second-order valence-electron chi connectivity index (χ2n) is 5.98. The molecule has 7 nitrogen and oxygen atoms in total. The molecule has 0 amide bonds. The van der Waals surface area contributed by atoms with Crippen LogP contribution in [0.2, 0.25) is 0 Å². The summed E-state index contributed by atoms with van der Waals surface area (Å²) in [6, 6.07) is 16.9. The van der Waals surface area contributed by atoms with Crippen molar-refractivity contribution < 1.29 is 18.3 Å². The van der Waals surface area contributed by atoms with Crippen molar-refractivity contribution in [3.63, 3.8) is 0 Å². The molecule has 0 unspecified atom stereocenters. The summed E-state index contributed by atoms with van der Waals surface area (Å²) >= 11 is 0. The van der Waals surface area contributed by atoms with Crippen molar-refractivity contribution in [1.29, 1.82) is 5.26 Å². The minimum atomic E-state index is -3.81. The van der Waals surface area contributed by atoms with Gasteiger partial charge in [0.25, 0.3) is 0 Å². The molecule has 0 saturated heterocycles. The average molecular weight is 395 g/mol. The maximum atomic E-state index is 11.5. The third-order valence-corrected chi connectivity index (χ3v) is 5.13. The highest BCUT2D eigenvalue weighted by atomic mass is 32.2. The number of methoxy groups -OCH3 is 1. The van der Waals surface area contributed by atoms with Crippen LogP contribution in [0.3, 0.4) is 0 Å². The van der Waals surface area contributed by atoms with E-state index in [1.807, 2.05) is 12.1 Å². The number of ether oxygens (including phenoxy) is 1. The Morgan fingerprint density at radius 1 is 1.11 bits per heavy atom. The van der Waals surface area contributed by atoms with Gasteiger partial charge in [-0.2, -0.15) is 5.26 Å². The number of aliphatic hydroxyl groups excluding tert-OH is 1. The van der Waals surface area contributed by atoms with E-state index >= 15 is 0 Å². The molecule has 2 aromatic carbocycles. The van der Waals surface area contributed by atoms with Crippen molar-refractivity contribution in [3.8, 4) is 34.3 Å².